The van der Waals surface area contributed by atoms with Crippen LogP contribution in [0, 0.1) is 0 Å². The predicted octanol–water partition coefficient (Wildman–Crippen LogP) is 1.65. The maximum atomic E-state index is 11.9. The summed E-state index contributed by atoms with van der Waals surface area (Å²) in [6.45, 7) is 1.21. The van der Waals surface area contributed by atoms with E-state index in [1.807, 2.05) is 11.9 Å². The van der Waals surface area contributed by atoms with Gasteiger partial charge in [-0.3, -0.25) is 14.7 Å². The Bertz CT molecular complexity index is 467. The number of rotatable bonds is 3. The lowest BCUT2D eigenvalue weighted by Crippen LogP contribution is -2.43. The fraction of sp³-hybridized carbons (Fsp3) is 0.538. The molecule has 0 aromatic carbocycles. The molecule has 1 amide bonds. The van der Waals surface area contributed by atoms with Crippen molar-refractivity contribution in [2.45, 2.75) is 31.8 Å². The molecule has 1 saturated heterocycles. The number of likely N-dealkylation sites (N-methyl/N-ethyl adjacent to an activating group) is 1. The van der Waals surface area contributed by atoms with Gasteiger partial charge in [0.05, 0.1) is 11.7 Å². The molecule has 1 atom stereocenters. The molecule has 1 fully saturated rings. The summed E-state index contributed by atoms with van der Waals surface area (Å²) in [5.74, 6) is 0.215. The van der Waals surface area contributed by atoms with Crippen molar-refractivity contribution in [3.05, 3.63) is 22.4 Å². The second-order valence-corrected chi connectivity index (χ2v) is 5.75. The number of amides is 1. The van der Waals surface area contributed by atoms with Crippen LogP contribution in [0.25, 0.3) is 0 Å². The van der Waals surface area contributed by atoms with E-state index in [2.05, 4.69) is 26.2 Å². The van der Waals surface area contributed by atoms with E-state index >= 15 is 0 Å². The van der Waals surface area contributed by atoms with Crippen molar-refractivity contribution in [3.63, 3.8) is 0 Å². The smallest absolute Gasteiger partial charge is 0.237 e. The minimum Gasteiger partial charge on any atom is -0.506 e. The van der Waals surface area contributed by atoms with Crippen LogP contribution in [-0.4, -0.2) is 40.5 Å². The van der Waals surface area contributed by atoms with E-state index < -0.39 is 0 Å². The van der Waals surface area contributed by atoms with Crippen molar-refractivity contribution in [2.24, 2.45) is 0 Å². The third-order valence-corrected chi connectivity index (χ3v) is 3.79. The van der Waals surface area contributed by atoms with E-state index in [-0.39, 0.29) is 17.7 Å². The SMILES string of the molecule is CN(Cc1ncc(Br)cc1O)C1CCCCNC1=O. The highest BCUT2D eigenvalue weighted by Crippen LogP contribution is 2.22. The summed E-state index contributed by atoms with van der Waals surface area (Å²) in [7, 11) is 1.89. The zero-order valence-electron chi connectivity index (χ0n) is 10.9. The van der Waals surface area contributed by atoms with Crippen LogP contribution in [0.2, 0.25) is 0 Å². The van der Waals surface area contributed by atoms with Crippen LogP contribution in [-0.2, 0) is 11.3 Å². The molecule has 6 heteroatoms. The second-order valence-electron chi connectivity index (χ2n) is 4.84. The lowest BCUT2D eigenvalue weighted by molar-refractivity contribution is -0.125. The van der Waals surface area contributed by atoms with Crippen molar-refractivity contribution < 1.29 is 9.90 Å². The first-order valence-corrected chi connectivity index (χ1v) is 7.18. The molecule has 1 aliphatic heterocycles. The molecule has 2 rings (SSSR count). The average Bonchev–Trinajstić information content (AvgIpc) is 2.57. The normalized spacial score (nSPS) is 20.2. The number of carbonyl (C=O) groups excluding carboxylic acids is 1. The lowest BCUT2D eigenvalue weighted by Gasteiger charge is -2.25. The van der Waals surface area contributed by atoms with E-state index in [1.165, 1.54) is 0 Å². The van der Waals surface area contributed by atoms with E-state index in [0.717, 1.165) is 30.3 Å². The Labute approximate surface area is 121 Å². The van der Waals surface area contributed by atoms with Crippen LogP contribution in [0.4, 0.5) is 0 Å². The molecular weight excluding hydrogens is 310 g/mol. The number of nitrogens with one attached hydrogen (secondary N) is 1. The van der Waals surface area contributed by atoms with Crippen LogP contribution in [0.15, 0.2) is 16.7 Å². The third-order valence-electron chi connectivity index (χ3n) is 3.35. The molecule has 1 aromatic rings. The van der Waals surface area contributed by atoms with Crippen molar-refractivity contribution in [1.82, 2.24) is 15.2 Å². The summed E-state index contributed by atoms with van der Waals surface area (Å²) in [5, 5.41) is 12.8. The van der Waals surface area contributed by atoms with Crippen molar-refractivity contribution >= 4 is 21.8 Å². The number of pyridine rings is 1. The molecule has 0 aliphatic carbocycles. The topological polar surface area (TPSA) is 65.5 Å². The number of hydrogen-bond acceptors (Lipinski definition) is 4. The van der Waals surface area contributed by atoms with Crippen molar-refractivity contribution in [1.29, 1.82) is 0 Å². The maximum absolute atomic E-state index is 11.9. The molecule has 0 spiro atoms. The number of nitrogens with zero attached hydrogens (tertiary/aromatic N) is 2. The van der Waals surface area contributed by atoms with Crippen molar-refractivity contribution in [2.75, 3.05) is 13.6 Å². The summed E-state index contributed by atoms with van der Waals surface area (Å²) in [5.41, 5.74) is 0.586. The second kappa shape index (κ2) is 6.34. The molecule has 2 heterocycles. The molecule has 0 bridgehead atoms. The number of hydrogen-bond donors (Lipinski definition) is 2. The van der Waals surface area contributed by atoms with Gasteiger partial charge in [0.2, 0.25) is 5.91 Å². The van der Waals surface area contributed by atoms with Crippen molar-refractivity contribution in [3.8, 4) is 5.75 Å². The van der Waals surface area contributed by atoms with Gasteiger partial charge in [-0.15, -0.1) is 0 Å². The van der Waals surface area contributed by atoms with Crippen LogP contribution < -0.4 is 5.32 Å². The lowest BCUT2D eigenvalue weighted by atomic mass is 10.1. The van der Waals surface area contributed by atoms with Gasteiger partial charge in [-0.1, -0.05) is 0 Å². The summed E-state index contributed by atoms with van der Waals surface area (Å²) >= 11 is 3.26. The molecular formula is C13H18BrN3O2. The van der Waals surface area contributed by atoms with Gasteiger partial charge in [-0.25, -0.2) is 0 Å². The van der Waals surface area contributed by atoms with Crippen LogP contribution in [0.5, 0.6) is 5.75 Å². The first-order valence-electron chi connectivity index (χ1n) is 6.39. The highest BCUT2D eigenvalue weighted by atomic mass is 79.9. The van der Waals surface area contributed by atoms with Crippen LogP contribution in [0.3, 0.4) is 0 Å². The van der Waals surface area contributed by atoms with E-state index in [4.69, 9.17) is 0 Å². The molecule has 0 radical (unpaired) electrons. The summed E-state index contributed by atoms with van der Waals surface area (Å²) in [6.07, 6.45) is 4.56. The molecule has 1 aliphatic rings. The first kappa shape index (κ1) is 14.3. The van der Waals surface area contributed by atoms with Crippen LogP contribution >= 0.6 is 15.9 Å². The van der Waals surface area contributed by atoms with Gasteiger partial charge in [0, 0.05) is 23.8 Å². The largest absolute Gasteiger partial charge is 0.506 e. The Balaban J connectivity index is 2.06. The Morgan fingerprint density at radius 3 is 3.11 bits per heavy atom. The van der Waals surface area contributed by atoms with Gasteiger partial charge in [0.15, 0.2) is 0 Å². The Morgan fingerprint density at radius 2 is 2.37 bits per heavy atom. The molecule has 5 nitrogen and oxygen atoms in total. The summed E-state index contributed by atoms with van der Waals surface area (Å²) in [4.78, 5) is 18.1. The van der Waals surface area contributed by atoms with E-state index in [0.29, 0.717) is 12.2 Å². The molecule has 19 heavy (non-hydrogen) atoms. The maximum Gasteiger partial charge on any atom is 0.237 e. The molecule has 0 saturated carbocycles. The highest BCUT2D eigenvalue weighted by Gasteiger charge is 2.25. The Morgan fingerprint density at radius 1 is 1.58 bits per heavy atom. The zero-order chi connectivity index (χ0) is 13.8. The third kappa shape index (κ3) is 3.67. The number of aromatic nitrogens is 1. The zero-order valence-corrected chi connectivity index (χ0v) is 12.5. The summed E-state index contributed by atoms with van der Waals surface area (Å²) < 4.78 is 0.739. The van der Waals surface area contributed by atoms with E-state index in [1.54, 1.807) is 12.3 Å². The Kier molecular flexibility index (Phi) is 4.76. The van der Waals surface area contributed by atoms with Gasteiger partial charge >= 0.3 is 0 Å². The fourth-order valence-electron chi connectivity index (χ4n) is 2.27. The first-order chi connectivity index (χ1) is 9.08. The van der Waals surface area contributed by atoms with E-state index in [9.17, 15) is 9.90 Å². The molecule has 2 N–H and O–H groups in total. The van der Waals surface area contributed by atoms with Crippen LogP contribution in [0.1, 0.15) is 25.0 Å². The summed E-state index contributed by atoms with van der Waals surface area (Å²) in [6, 6.07) is 1.47. The standard InChI is InChI=1S/C13H18BrN3O2/c1-17(11-4-2-3-5-15-13(11)19)8-10-12(18)6-9(14)7-16-10/h6-7,11,18H,2-5,8H2,1H3,(H,15,19). The molecule has 1 unspecified atom stereocenters. The number of carbonyl (C=O) groups is 1. The van der Waals surface area contributed by atoms with Gasteiger partial charge in [0.25, 0.3) is 0 Å². The fourth-order valence-corrected chi connectivity index (χ4v) is 2.59. The van der Waals surface area contributed by atoms with Gasteiger partial charge in [0.1, 0.15) is 5.75 Å². The number of aromatic hydroxyl groups is 1. The molecule has 104 valence electrons. The minimum atomic E-state index is -0.146. The number of halogens is 1. The predicted molar refractivity (Wildman–Crippen MR) is 75.7 cm³/mol. The van der Waals surface area contributed by atoms with Gasteiger partial charge in [-0.2, -0.15) is 0 Å². The van der Waals surface area contributed by atoms with Gasteiger partial charge < -0.3 is 10.4 Å². The Hall–Kier alpha value is -1.14. The molecule has 1 aromatic heterocycles. The monoisotopic (exact) mass is 327 g/mol. The highest BCUT2D eigenvalue weighted by molar-refractivity contribution is 9.10. The average molecular weight is 328 g/mol. The van der Waals surface area contributed by atoms with Gasteiger partial charge in [-0.05, 0) is 48.3 Å². The minimum absolute atomic E-state index is 0.0663. The quantitative estimate of drug-likeness (QED) is 0.886.